The lowest BCUT2D eigenvalue weighted by molar-refractivity contribution is 0.101. The molecule has 0 heterocycles. The molecular formula is C11H9NO2. The van der Waals surface area contributed by atoms with Gasteiger partial charge in [-0.2, -0.15) is 5.26 Å². The molecule has 0 aliphatic carbocycles. The fourth-order valence-corrected chi connectivity index (χ4v) is 1.10. The topological polar surface area (TPSA) is 57.9 Å². The third kappa shape index (κ3) is 2.05. The Bertz CT molecular complexity index is 409. The van der Waals surface area contributed by atoms with Gasteiger partial charge in [0.05, 0.1) is 11.6 Å². The summed E-state index contributed by atoms with van der Waals surface area (Å²) in [6.07, 6.45) is 0. The Morgan fingerprint density at radius 2 is 1.50 bits per heavy atom. The number of nitrogens with zero attached hydrogens (tertiary/aromatic N) is 1. The van der Waals surface area contributed by atoms with Gasteiger partial charge < -0.3 is 0 Å². The van der Waals surface area contributed by atoms with E-state index in [0.717, 1.165) is 0 Å². The van der Waals surface area contributed by atoms with Crippen LogP contribution in [0.5, 0.6) is 0 Å². The highest BCUT2D eigenvalue weighted by atomic mass is 16.1. The second kappa shape index (κ2) is 3.84. The van der Waals surface area contributed by atoms with E-state index < -0.39 is 0 Å². The Kier molecular flexibility index (Phi) is 2.78. The average molecular weight is 187 g/mol. The van der Waals surface area contributed by atoms with Crippen LogP contribution in [0.15, 0.2) is 18.2 Å². The first-order chi connectivity index (χ1) is 6.54. The molecule has 0 unspecified atom stereocenters. The van der Waals surface area contributed by atoms with Gasteiger partial charge in [-0.1, -0.05) is 0 Å². The molecular weight excluding hydrogens is 178 g/mol. The smallest absolute Gasteiger partial charge is 0.159 e. The molecule has 0 amide bonds. The summed E-state index contributed by atoms with van der Waals surface area (Å²) in [6, 6.07) is 6.38. The lowest BCUT2D eigenvalue weighted by atomic mass is 10.0. The molecule has 0 fully saturated rings. The van der Waals surface area contributed by atoms with E-state index in [1.807, 2.05) is 6.07 Å². The molecule has 0 radical (unpaired) electrons. The van der Waals surface area contributed by atoms with Gasteiger partial charge in [-0.05, 0) is 32.0 Å². The van der Waals surface area contributed by atoms with Crippen molar-refractivity contribution in [1.29, 1.82) is 5.26 Å². The van der Waals surface area contributed by atoms with Crippen LogP contribution < -0.4 is 0 Å². The first-order valence-electron chi connectivity index (χ1n) is 4.11. The molecule has 3 nitrogen and oxygen atoms in total. The zero-order chi connectivity index (χ0) is 10.7. The third-order valence-electron chi connectivity index (χ3n) is 1.88. The van der Waals surface area contributed by atoms with Crippen LogP contribution >= 0.6 is 0 Å². The molecule has 1 aromatic carbocycles. The summed E-state index contributed by atoms with van der Waals surface area (Å²) >= 11 is 0. The molecule has 0 N–H and O–H groups in total. The van der Waals surface area contributed by atoms with E-state index in [2.05, 4.69) is 0 Å². The van der Waals surface area contributed by atoms with Crippen LogP contribution in [-0.2, 0) is 0 Å². The number of rotatable bonds is 2. The summed E-state index contributed by atoms with van der Waals surface area (Å²) in [6.45, 7) is 2.81. The molecule has 0 aromatic heterocycles. The van der Waals surface area contributed by atoms with Crippen LogP contribution in [0.4, 0.5) is 0 Å². The van der Waals surface area contributed by atoms with Crippen LogP contribution in [0, 0.1) is 11.3 Å². The molecule has 0 aliphatic rings. The van der Waals surface area contributed by atoms with Crippen LogP contribution in [0.3, 0.4) is 0 Å². The van der Waals surface area contributed by atoms with Gasteiger partial charge in [-0.25, -0.2) is 0 Å². The van der Waals surface area contributed by atoms with Crippen LogP contribution in [0.25, 0.3) is 0 Å². The fraction of sp³-hybridized carbons (Fsp3) is 0.182. The van der Waals surface area contributed by atoms with Gasteiger partial charge in [0.2, 0.25) is 0 Å². The van der Waals surface area contributed by atoms with Crippen molar-refractivity contribution in [2.45, 2.75) is 13.8 Å². The molecule has 0 atom stereocenters. The van der Waals surface area contributed by atoms with Crippen LogP contribution in [0.1, 0.15) is 40.1 Å². The van der Waals surface area contributed by atoms with Gasteiger partial charge in [0.25, 0.3) is 0 Å². The van der Waals surface area contributed by atoms with E-state index in [1.54, 1.807) is 0 Å². The quantitative estimate of drug-likeness (QED) is 0.665. The lowest BCUT2D eigenvalue weighted by Crippen LogP contribution is -1.99. The van der Waals surface area contributed by atoms with Gasteiger partial charge in [0.1, 0.15) is 0 Å². The summed E-state index contributed by atoms with van der Waals surface area (Å²) in [5.74, 6) is -0.297. The minimum atomic E-state index is -0.149. The van der Waals surface area contributed by atoms with Gasteiger partial charge in [-0.3, -0.25) is 9.59 Å². The van der Waals surface area contributed by atoms with Crippen molar-refractivity contribution < 1.29 is 9.59 Å². The first-order valence-corrected chi connectivity index (χ1v) is 4.11. The largest absolute Gasteiger partial charge is 0.295 e. The number of carbonyl (C=O) groups is 2. The molecule has 1 aromatic rings. The Morgan fingerprint density at radius 1 is 1.07 bits per heavy atom. The first kappa shape index (κ1) is 10.1. The minimum Gasteiger partial charge on any atom is -0.295 e. The highest BCUT2D eigenvalue weighted by Crippen LogP contribution is 2.11. The number of hydrogen-bond donors (Lipinski definition) is 0. The van der Waals surface area contributed by atoms with E-state index in [9.17, 15) is 9.59 Å². The van der Waals surface area contributed by atoms with Gasteiger partial charge in [0, 0.05) is 11.1 Å². The third-order valence-corrected chi connectivity index (χ3v) is 1.88. The highest BCUT2D eigenvalue weighted by molar-refractivity contribution is 6.00. The SMILES string of the molecule is CC(=O)c1cc(C#N)cc(C(C)=O)c1. The van der Waals surface area contributed by atoms with E-state index in [1.165, 1.54) is 32.0 Å². The monoisotopic (exact) mass is 187 g/mol. The predicted molar refractivity (Wildman–Crippen MR) is 51.2 cm³/mol. The van der Waals surface area contributed by atoms with Crippen molar-refractivity contribution in [2.24, 2.45) is 0 Å². The molecule has 0 bridgehead atoms. The summed E-state index contributed by atoms with van der Waals surface area (Å²) in [4.78, 5) is 22.1. The summed E-state index contributed by atoms with van der Waals surface area (Å²) in [5.41, 5.74) is 1.13. The molecule has 0 spiro atoms. The highest BCUT2D eigenvalue weighted by Gasteiger charge is 2.07. The summed E-state index contributed by atoms with van der Waals surface area (Å²) < 4.78 is 0. The second-order valence-corrected chi connectivity index (χ2v) is 3.02. The van der Waals surface area contributed by atoms with Crippen LogP contribution in [0.2, 0.25) is 0 Å². The Morgan fingerprint density at radius 3 is 1.79 bits per heavy atom. The zero-order valence-electron chi connectivity index (χ0n) is 8.00. The van der Waals surface area contributed by atoms with Crippen molar-refractivity contribution in [3.05, 3.63) is 34.9 Å². The van der Waals surface area contributed by atoms with Gasteiger partial charge in [0.15, 0.2) is 11.6 Å². The number of carbonyl (C=O) groups excluding carboxylic acids is 2. The Hall–Kier alpha value is -1.95. The van der Waals surface area contributed by atoms with E-state index >= 15 is 0 Å². The normalized spacial score (nSPS) is 9.21. The zero-order valence-corrected chi connectivity index (χ0v) is 8.00. The van der Waals surface area contributed by atoms with E-state index in [0.29, 0.717) is 16.7 Å². The number of benzene rings is 1. The number of ketones is 2. The molecule has 1 rings (SSSR count). The molecule has 70 valence electrons. The summed E-state index contributed by atoms with van der Waals surface area (Å²) in [5, 5.41) is 8.68. The summed E-state index contributed by atoms with van der Waals surface area (Å²) in [7, 11) is 0. The van der Waals surface area contributed by atoms with Crippen LogP contribution in [-0.4, -0.2) is 11.6 Å². The van der Waals surface area contributed by atoms with Crippen molar-refractivity contribution >= 4 is 11.6 Å². The lowest BCUT2D eigenvalue weighted by Gasteiger charge is -2.00. The van der Waals surface area contributed by atoms with Crippen molar-refractivity contribution in [3.63, 3.8) is 0 Å². The van der Waals surface area contributed by atoms with Gasteiger partial charge in [-0.15, -0.1) is 0 Å². The van der Waals surface area contributed by atoms with E-state index in [4.69, 9.17) is 5.26 Å². The number of Topliss-reactive ketones (excluding diaryl/α,β-unsaturated/α-hetero) is 2. The maximum absolute atomic E-state index is 11.1. The fourth-order valence-electron chi connectivity index (χ4n) is 1.10. The van der Waals surface area contributed by atoms with Gasteiger partial charge >= 0.3 is 0 Å². The molecule has 0 saturated carbocycles. The maximum Gasteiger partial charge on any atom is 0.159 e. The van der Waals surface area contributed by atoms with Crippen molar-refractivity contribution in [2.75, 3.05) is 0 Å². The maximum atomic E-state index is 11.1. The second-order valence-electron chi connectivity index (χ2n) is 3.02. The van der Waals surface area contributed by atoms with E-state index in [-0.39, 0.29) is 11.6 Å². The Balaban J connectivity index is 3.36. The molecule has 0 saturated heterocycles. The standard InChI is InChI=1S/C11H9NO2/c1-7(13)10-3-9(6-12)4-11(5-10)8(2)14/h3-5H,1-2H3. The number of nitriles is 1. The predicted octanol–water partition coefficient (Wildman–Crippen LogP) is 1.96. The molecule has 14 heavy (non-hydrogen) atoms. The number of hydrogen-bond acceptors (Lipinski definition) is 3. The molecule has 3 heteroatoms. The van der Waals surface area contributed by atoms with Crippen molar-refractivity contribution in [3.8, 4) is 6.07 Å². The van der Waals surface area contributed by atoms with Crippen molar-refractivity contribution in [1.82, 2.24) is 0 Å². The minimum absolute atomic E-state index is 0.149. The Labute approximate surface area is 82.0 Å². The average Bonchev–Trinajstić information content (AvgIpc) is 2.16. The molecule has 0 aliphatic heterocycles.